The molecule has 35 heavy (non-hydrogen) atoms. The van der Waals surface area contributed by atoms with E-state index < -0.39 is 5.82 Å². The van der Waals surface area contributed by atoms with Crippen molar-refractivity contribution in [1.82, 2.24) is 20.2 Å². The lowest BCUT2D eigenvalue weighted by Gasteiger charge is -2.29. The van der Waals surface area contributed by atoms with Crippen LogP contribution in [0.15, 0.2) is 42.6 Å². The monoisotopic (exact) mass is 517 g/mol. The second-order valence-electron chi connectivity index (χ2n) is 8.49. The Hall–Kier alpha value is -2.94. The van der Waals surface area contributed by atoms with Crippen molar-refractivity contribution in [1.29, 1.82) is 0 Å². The van der Waals surface area contributed by atoms with Crippen molar-refractivity contribution in [3.63, 3.8) is 0 Å². The van der Waals surface area contributed by atoms with E-state index >= 15 is 0 Å². The topological polar surface area (TPSA) is 93.4 Å². The number of aromatic nitrogens is 2. The maximum absolute atomic E-state index is 13.7. The van der Waals surface area contributed by atoms with E-state index in [1.165, 1.54) is 18.3 Å². The van der Waals surface area contributed by atoms with Crippen LogP contribution in [-0.2, 0) is 6.42 Å². The summed E-state index contributed by atoms with van der Waals surface area (Å²) in [6.07, 6.45) is 3.70. The Morgan fingerprint density at radius 3 is 2.63 bits per heavy atom. The number of hydrogen-bond acceptors (Lipinski definition) is 6. The number of likely N-dealkylation sites (tertiary alicyclic amines) is 1. The van der Waals surface area contributed by atoms with Gasteiger partial charge in [0.2, 0.25) is 0 Å². The quantitative estimate of drug-likeness (QED) is 0.444. The van der Waals surface area contributed by atoms with Gasteiger partial charge in [0, 0.05) is 28.6 Å². The van der Waals surface area contributed by atoms with E-state index in [0.29, 0.717) is 21.8 Å². The number of nitrogens with one attached hydrogen (secondary N) is 1. The van der Waals surface area contributed by atoms with E-state index in [1.807, 2.05) is 0 Å². The summed E-state index contributed by atoms with van der Waals surface area (Å²) >= 11 is 12.1. The Morgan fingerprint density at radius 1 is 1.20 bits per heavy atom. The zero-order valence-corrected chi connectivity index (χ0v) is 20.7. The number of ether oxygens (including phenoxy) is 1. The molecule has 0 unspecified atom stereocenters. The van der Waals surface area contributed by atoms with Gasteiger partial charge in [-0.05, 0) is 62.8 Å². The molecule has 0 saturated carbocycles. The molecule has 1 aliphatic rings. The molecule has 1 fully saturated rings. The molecule has 1 aliphatic heterocycles. The van der Waals surface area contributed by atoms with Gasteiger partial charge in [-0.2, -0.15) is 0 Å². The number of nitrogen functional groups attached to an aromatic ring is 1. The first-order valence-corrected chi connectivity index (χ1v) is 12.0. The minimum atomic E-state index is -0.546. The molecule has 0 radical (unpaired) electrons. The number of nitrogens with two attached hydrogens (primary N) is 1. The Kier molecular flexibility index (Phi) is 8.05. The second kappa shape index (κ2) is 11.2. The average Bonchev–Trinajstić information content (AvgIpc) is 2.86. The van der Waals surface area contributed by atoms with Crippen molar-refractivity contribution in [2.45, 2.75) is 25.3 Å². The van der Waals surface area contributed by atoms with E-state index in [1.54, 1.807) is 24.3 Å². The molecule has 1 saturated heterocycles. The predicted molar refractivity (Wildman–Crippen MR) is 135 cm³/mol. The predicted octanol–water partition coefficient (Wildman–Crippen LogP) is 4.62. The van der Waals surface area contributed by atoms with E-state index in [2.05, 4.69) is 27.2 Å². The molecule has 1 amide bonds. The van der Waals surface area contributed by atoms with Gasteiger partial charge < -0.3 is 20.7 Å². The van der Waals surface area contributed by atoms with E-state index in [0.717, 1.165) is 31.5 Å². The summed E-state index contributed by atoms with van der Waals surface area (Å²) < 4.78 is 19.4. The molecule has 3 N–H and O–H groups in total. The molecule has 10 heteroatoms. The fourth-order valence-corrected chi connectivity index (χ4v) is 4.45. The highest BCUT2D eigenvalue weighted by Gasteiger charge is 2.19. The molecule has 7 nitrogen and oxygen atoms in total. The SMILES string of the molecule is CN1CCC(NC(=O)c2ccc(-c3cnc(N)c(OCCc4c(Cl)ccc(F)c4Cl)n3)cc2)CC1. The van der Waals surface area contributed by atoms with Gasteiger partial charge in [0.25, 0.3) is 11.8 Å². The van der Waals surface area contributed by atoms with E-state index in [4.69, 9.17) is 33.7 Å². The standard InChI is InChI=1S/C25H26Cl2FN5O2/c1-33-11-8-17(9-12-33)31-24(34)16-4-2-15(3-5-16)21-14-30-23(29)25(32-21)35-13-10-18-19(26)6-7-20(28)22(18)27/h2-7,14,17H,8-13H2,1H3,(H2,29,30)(H,31,34). The zero-order chi connectivity index (χ0) is 24.9. The maximum atomic E-state index is 13.7. The van der Waals surface area contributed by atoms with Gasteiger partial charge >= 0.3 is 0 Å². The van der Waals surface area contributed by atoms with Gasteiger partial charge in [0.15, 0.2) is 5.82 Å². The maximum Gasteiger partial charge on any atom is 0.257 e. The molecular formula is C25H26Cl2FN5O2. The van der Waals surface area contributed by atoms with Gasteiger partial charge in [-0.1, -0.05) is 35.3 Å². The van der Waals surface area contributed by atoms with Gasteiger partial charge in [0.1, 0.15) is 5.82 Å². The molecule has 2 heterocycles. The first-order valence-electron chi connectivity index (χ1n) is 11.3. The fourth-order valence-electron chi connectivity index (χ4n) is 3.89. The number of amides is 1. The number of halogens is 3. The number of benzene rings is 2. The summed E-state index contributed by atoms with van der Waals surface area (Å²) in [4.78, 5) is 23.5. The molecule has 0 spiro atoms. The van der Waals surface area contributed by atoms with Gasteiger partial charge in [0.05, 0.1) is 23.5 Å². The van der Waals surface area contributed by atoms with Crippen LogP contribution in [0, 0.1) is 5.82 Å². The highest BCUT2D eigenvalue weighted by atomic mass is 35.5. The highest BCUT2D eigenvalue weighted by Crippen LogP contribution is 2.28. The lowest BCUT2D eigenvalue weighted by Crippen LogP contribution is -2.43. The molecule has 3 aromatic rings. The largest absolute Gasteiger partial charge is 0.475 e. The van der Waals surface area contributed by atoms with E-state index in [9.17, 15) is 9.18 Å². The third kappa shape index (κ3) is 6.20. The van der Waals surface area contributed by atoms with Crippen molar-refractivity contribution in [3.05, 3.63) is 69.6 Å². The Balaban J connectivity index is 1.40. The van der Waals surface area contributed by atoms with Crippen LogP contribution < -0.4 is 15.8 Å². The molecule has 0 bridgehead atoms. The minimum Gasteiger partial charge on any atom is -0.475 e. The van der Waals surface area contributed by atoms with Crippen molar-refractivity contribution in [3.8, 4) is 17.1 Å². The van der Waals surface area contributed by atoms with E-state index in [-0.39, 0.29) is 41.7 Å². The minimum absolute atomic E-state index is 0.0335. The number of rotatable bonds is 7. The number of piperidine rings is 1. The first kappa shape index (κ1) is 25.2. The molecule has 2 aromatic carbocycles. The lowest BCUT2D eigenvalue weighted by atomic mass is 10.0. The van der Waals surface area contributed by atoms with Crippen LogP contribution in [0.25, 0.3) is 11.3 Å². The number of carbonyl (C=O) groups is 1. The lowest BCUT2D eigenvalue weighted by molar-refractivity contribution is 0.0917. The smallest absolute Gasteiger partial charge is 0.257 e. The summed E-state index contributed by atoms with van der Waals surface area (Å²) in [7, 11) is 2.09. The number of anilines is 1. The van der Waals surface area contributed by atoms with Gasteiger partial charge in [-0.3, -0.25) is 4.79 Å². The summed E-state index contributed by atoms with van der Waals surface area (Å²) in [5.74, 6) is -0.362. The molecule has 0 atom stereocenters. The van der Waals surface area contributed by atoms with Crippen LogP contribution in [0.3, 0.4) is 0 Å². The van der Waals surface area contributed by atoms with Crippen molar-refractivity contribution >= 4 is 34.9 Å². The van der Waals surface area contributed by atoms with Gasteiger partial charge in [-0.25, -0.2) is 14.4 Å². The molecule has 1 aromatic heterocycles. The average molecular weight is 518 g/mol. The van der Waals surface area contributed by atoms with Crippen molar-refractivity contribution in [2.75, 3.05) is 32.5 Å². The van der Waals surface area contributed by atoms with Crippen LogP contribution >= 0.6 is 23.2 Å². The van der Waals surface area contributed by atoms with Gasteiger partial charge in [-0.15, -0.1) is 0 Å². The summed E-state index contributed by atoms with van der Waals surface area (Å²) in [5.41, 5.74) is 8.25. The number of hydrogen-bond donors (Lipinski definition) is 2. The van der Waals surface area contributed by atoms with Crippen LogP contribution in [-0.4, -0.2) is 53.6 Å². The molecule has 0 aliphatic carbocycles. The summed E-state index contributed by atoms with van der Waals surface area (Å²) in [6.45, 7) is 2.08. The molecule has 4 rings (SSSR count). The fraction of sp³-hybridized carbons (Fsp3) is 0.320. The normalized spacial score (nSPS) is 14.6. The third-order valence-electron chi connectivity index (χ3n) is 5.99. The Bertz CT molecular complexity index is 1200. The van der Waals surface area contributed by atoms with Crippen LogP contribution in [0.1, 0.15) is 28.8 Å². The Labute approximate surface area is 213 Å². The second-order valence-corrected chi connectivity index (χ2v) is 9.28. The molecule has 184 valence electrons. The summed E-state index contributed by atoms with van der Waals surface area (Å²) in [5, 5.41) is 3.43. The Morgan fingerprint density at radius 2 is 1.91 bits per heavy atom. The van der Waals surface area contributed by atoms with Crippen molar-refractivity contribution in [2.24, 2.45) is 0 Å². The number of nitrogens with zero attached hydrogens (tertiary/aromatic N) is 3. The zero-order valence-electron chi connectivity index (χ0n) is 19.2. The van der Waals surface area contributed by atoms with Crippen LogP contribution in [0.5, 0.6) is 5.88 Å². The summed E-state index contributed by atoms with van der Waals surface area (Å²) in [6, 6.07) is 9.98. The van der Waals surface area contributed by atoms with Crippen LogP contribution in [0.4, 0.5) is 10.2 Å². The third-order valence-corrected chi connectivity index (χ3v) is 6.76. The number of carbonyl (C=O) groups excluding carboxylic acids is 1. The van der Waals surface area contributed by atoms with Crippen molar-refractivity contribution < 1.29 is 13.9 Å². The highest BCUT2D eigenvalue weighted by molar-refractivity contribution is 6.36. The molecular weight excluding hydrogens is 492 g/mol. The van der Waals surface area contributed by atoms with Crippen LogP contribution in [0.2, 0.25) is 10.0 Å². The first-order chi connectivity index (χ1) is 16.8.